The molecule has 1 fully saturated rings. The third-order valence-electron chi connectivity index (χ3n) is 6.27. The quantitative estimate of drug-likeness (QED) is 0.564. The van der Waals surface area contributed by atoms with Gasteiger partial charge in [-0.15, -0.1) is 0 Å². The zero-order chi connectivity index (χ0) is 22.9. The molecule has 5 rings (SSSR count). The topological polar surface area (TPSA) is 104 Å². The number of ether oxygens (including phenoxy) is 2. The number of benzene rings is 2. The normalized spacial score (nSPS) is 17.3. The molecular formula is C24H25N3O6. The van der Waals surface area contributed by atoms with E-state index in [1.165, 1.54) is 0 Å². The molecule has 0 bridgehead atoms. The number of carboxylic acid groups (broad SMARTS) is 2. The van der Waals surface area contributed by atoms with E-state index in [0.717, 1.165) is 47.6 Å². The van der Waals surface area contributed by atoms with Crippen molar-refractivity contribution < 1.29 is 29.3 Å². The van der Waals surface area contributed by atoms with E-state index in [-0.39, 0.29) is 13.3 Å². The molecular weight excluding hydrogens is 426 g/mol. The number of fused-ring (bicyclic) bond motifs is 2. The van der Waals surface area contributed by atoms with Crippen LogP contribution in [0, 0.1) is 0 Å². The van der Waals surface area contributed by atoms with Gasteiger partial charge < -0.3 is 24.3 Å². The highest BCUT2D eigenvalue weighted by molar-refractivity contribution is 5.90. The fourth-order valence-electron chi connectivity index (χ4n) is 4.73. The Kier molecular flexibility index (Phi) is 5.65. The smallest absolute Gasteiger partial charge is 0.325 e. The van der Waals surface area contributed by atoms with E-state index in [0.29, 0.717) is 18.7 Å². The van der Waals surface area contributed by atoms with Crippen molar-refractivity contribution in [2.45, 2.75) is 19.1 Å². The fraction of sp³-hybridized carbons (Fsp3) is 0.333. The van der Waals surface area contributed by atoms with E-state index < -0.39 is 18.0 Å². The molecule has 1 aromatic heterocycles. The van der Waals surface area contributed by atoms with Gasteiger partial charge in [0.05, 0.1) is 0 Å². The summed E-state index contributed by atoms with van der Waals surface area (Å²) in [4.78, 5) is 27.9. The molecule has 2 aromatic carbocycles. The summed E-state index contributed by atoms with van der Waals surface area (Å²) in [6.45, 7) is 3.44. The zero-order valence-corrected chi connectivity index (χ0v) is 18.0. The monoisotopic (exact) mass is 451 g/mol. The second-order valence-electron chi connectivity index (χ2n) is 8.36. The number of aromatic nitrogens is 1. The van der Waals surface area contributed by atoms with Gasteiger partial charge in [-0.2, -0.15) is 0 Å². The van der Waals surface area contributed by atoms with Crippen molar-refractivity contribution >= 4 is 22.8 Å². The zero-order valence-electron chi connectivity index (χ0n) is 18.0. The van der Waals surface area contributed by atoms with Crippen molar-refractivity contribution in [1.29, 1.82) is 0 Å². The van der Waals surface area contributed by atoms with Crippen molar-refractivity contribution in [2.24, 2.45) is 0 Å². The molecule has 0 spiro atoms. The van der Waals surface area contributed by atoms with E-state index in [1.54, 1.807) is 10.8 Å². The number of carboxylic acids is 2. The Balaban J connectivity index is 1.32. The average Bonchev–Trinajstić information content (AvgIpc) is 3.40. The minimum Gasteiger partial charge on any atom is -0.480 e. The van der Waals surface area contributed by atoms with Crippen LogP contribution < -0.4 is 9.47 Å². The number of carbonyl (C=O) groups is 2. The largest absolute Gasteiger partial charge is 0.480 e. The van der Waals surface area contributed by atoms with E-state index in [1.807, 2.05) is 47.4 Å². The number of hydrogen-bond donors (Lipinski definition) is 2. The Bertz CT molecular complexity index is 1200. The van der Waals surface area contributed by atoms with Crippen LogP contribution >= 0.6 is 0 Å². The van der Waals surface area contributed by atoms with Gasteiger partial charge in [0.2, 0.25) is 6.79 Å². The first-order valence-electron chi connectivity index (χ1n) is 10.9. The lowest BCUT2D eigenvalue weighted by atomic mass is 10.0. The maximum absolute atomic E-state index is 12.3. The summed E-state index contributed by atoms with van der Waals surface area (Å²) >= 11 is 0. The Morgan fingerprint density at radius 1 is 0.970 bits per heavy atom. The predicted molar refractivity (Wildman–Crippen MR) is 119 cm³/mol. The summed E-state index contributed by atoms with van der Waals surface area (Å²) < 4.78 is 12.4. The van der Waals surface area contributed by atoms with E-state index in [9.17, 15) is 19.8 Å². The molecule has 3 aromatic rings. The molecule has 0 unspecified atom stereocenters. The lowest BCUT2D eigenvalue weighted by Gasteiger charge is -2.37. The van der Waals surface area contributed by atoms with Crippen LogP contribution in [0.3, 0.4) is 0 Å². The van der Waals surface area contributed by atoms with Gasteiger partial charge in [-0.3, -0.25) is 19.4 Å². The van der Waals surface area contributed by atoms with Gasteiger partial charge in [0.1, 0.15) is 12.6 Å². The standard InChI is InChI=1S/C24H25N3O6/c28-22(29)14-27-13-18(17-3-1-2-4-19(17)27)23(24(30)31)26-9-7-25(8-10-26)12-16-5-6-20-21(11-16)33-15-32-20/h1-6,11,13,23H,7-10,12,14-15H2,(H,28,29)(H,30,31)/t23-/m1/s1. The van der Waals surface area contributed by atoms with Gasteiger partial charge in [0.15, 0.2) is 11.5 Å². The summed E-state index contributed by atoms with van der Waals surface area (Å²) in [6.07, 6.45) is 1.68. The number of hydrogen-bond acceptors (Lipinski definition) is 6. The summed E-state index contributed by atoms with van der Waals surface area (Å²) in [7, 11) is 0. The number of nitrogens with zero attached hydrogens (tertiary/aromatic N) is 3. The van der Waals surface area contributed by atoms with Crippen LogP contribution in [0.1, 0.15) is 17.2 Å². The molecule has 9 heteroatoms. The van der Waals surface area contributed by atoms with Gasteiger partial charge in [0.25, 0.3) is 0 Å². The van der Waals surface area contributed by atoms with Crippen LogP contribution in [0.2, 0.25) is 0 Å². The van der Waals surface area contributed by atoms with Crippen LogP contribution in [0.4, 0.5) is 0 Å². The first-order chi connectivity index (χ1) is 16.0. The minimum absolute atomic E-state index is 0.212. The maximum Gasteiger partial charge on any atom is 0.325 e. The molecule has 172 valence electrons. The summed E-state index contributed by atoms with van der Waals surface area (Å²) in [5.41, 5.74) is 2.48. The van der Waals surface area contributed by atoms with Gasteiger partial charge in [0, 0.05) is 55.4 Å². The van der Waals surface area contributed by atoms with Gasteiger partial charge in [-0.25, -0.2) is 0 Å². The van der Waals surface area contributed by atoms with Gasteiger partial charge in [-0.05, 0) is 23.8 Å². The second-order valence-corrected chi connectivity index (χ2v) is 8.36. The fourth-order valence-corrected chi connectivity index (χ4v) is 4.73. The number of para-hydroxylation sites is 1. The molecule has 3 heterocycles. The van der Waals surface area contributed by atoms with Crippen molar-refractivity contribution in [3.05, 3.63) is 59.8 Å². The lowest BCUT2D eigenvalue weighted by Crippen LogP contribution is -2.48. The highest BCUT2D eigenvalue weighted by Gasteiger charge is 2.33. The molecule has 2 N–H and O–H groups in total. The first-order valence-corrected chi connectivity index (χ1v) is 10.9. The molecule has 1 atom stereocenters. The third-order valence-corrected chi connectivity index (χ3v) is 6.27. The first kappa shape index (κ1) is 21.3. The molecule has 2 aliphatic rings. The molecule has 1 saturated heterocycles. The van der Waals surface area contributed by atoms with Crippen molar-refractivity contribution in [3.63, 3.8) is 0 Å². The van der Waals surface area contributed by atoms with Gasteiger partial charge in [-0.1, -0.05) is 24.3 Å². The number of piperazine rings is 1. The predicted octanol–water partition coefficient (Wildman–Crippen LogP) is 2.40. The molecule has 0 amide bonds. The van der Waals surface area contributed by atoms with Crippen LogP contribution in [0.25, 0.3) is 10.9 Å². The molecule has 2 aliphatic heterocycles. The Morgan fingerprint density at radius 2 is 1.73 bits per heavy atom. The van der Waals surface area contributed by atoms with E-state index in [4.69, 9.17) is 9.47 Å². The van der Waals surface area contributed by atoms with Crippen LogP contribution in [-0.2, 0) is 22.7 Å². The Hall–Kier alpha value is -3.56. The molecule has 0 saturated carbocycles. The van der Waals surface area contributed by atoms with Crippen molar-refractivity contribution in [1.82, 2.24) is 14.4 Å². The van der Waals surface area contributed by atoms with Crippen LogP contribution in [-0.4, -0.2) is 69.5 Å². The SMILES string of the molecule is O=C(O)Cn1cc([C@H](C(=O)O)N2CCN(Cc3ccc4c(c3)OCO4)CC2)c2ccccc21. The van der Waals surface area contributed by atoms with Crippen molar-refractivity contribution in [3.8, 4) is 11.5 Å². The number of rotatable bonds is 7. The highest BCUT2D eigenvalue weighted by Crippen LogP contribution is 2.34. The lowest BCUT2D eigenvalue weighted by molar-refractivity contribution is -0.144. The van der Waals surface area contributed by atoms with Crippen LogP contribution in [0.15, 0.2) is 48.7 Å². The molecule has 9 nitrogen and oxygen atoms in total. The highest BCUT2D eigenvalue weighted by atomic mass is 16.7. The molecule has 0 aliphatic carbocycles. The second kappa shape index (κ2) is 8.76. The number of aliphatic carboxylic acids is 2. The van der Waals surface area contributed by atoms with E-state index >= 15 is 0 Å². The Labute approximate surface area is 190 Å². The summed E-state index contributed by atoms with van der Waals surface area (Å²) in [5, 5.41) is 20.2. The summed E-state index contributed by atoms with van der Waals surface area (Å²) in [6, 6.07) is 12.5. The van der Waals surface area contributed by atoms with E-state index in [2.05, 4.69) is 4.90 Å². The molecule has 0 radical (unpaired) electrons. The third kappa shape index (κ3) is 4.24. The maximum atomic E-state index is 12.3. The van der Waals surface area contributed by atoms with Gasteiger partial charge >= 0.3 is 11.9 Å². The minimum atomic E-state index is -0.966. The summed E-state index contributed by atoms with van der Waals surface area (Å²) in [5.74, 6) is -0.381. The Morgan fingerprint density at radius 3 is 2.48 bits per heavy atom. The van der Waals surface area contributed by atoms with Crippen molar-refractivity contribution in [2.75, 3.05) is 33.0 Å². The molecule has 33 heavy (non-hydrogen) atoms. The average molecular weight is 451 g/mol. The van der Waals surface area contributed by atoms with Crippen LogP contribution in [0.5, 0.6) is 11.5 Å².